The zero-order chi connectivity index (χ0) is 65.5. The Morgan fingerprint density at radius 3 is 0.989 bits per heavy atom. The monoisotopic (exact) mass is 1270 g/mol. The SMILES string of the molecule is CC/C=C\C/C=C\C/C=C\C/C=C\C/C=C\C/C=C\C/C=C\C/C=C\C/C=C\C/C=C\CCCCCCCCC(=O)NC(COP(=O)([O-])OCC[N+](C)(C)C)C(O)CCCCCCCCCCCCCCCCCCCCCCCCCCCCCCCCC. The van der Waals surface area contributed by atoms with Gasteiger partial charge in [-0.3, -0.25) is 9.36 Å². The molecule has 0 aliphatic carbocycles. The summed E-state index contributed by atoms with van der Waals surface area (Å²) in [6, 6.07) is -0.820. The highest BCUT2D eigenvalue weighted by Gasteiger charge is 2.24. The minimum atomic E-state index is -4.60. The van der Waals surface area contributed by atoms with Gasteiger partial charge in [0.15, 0.2) is 0 Å². The molecule has 0 saturated carbocycles. The lowest BCUT2D eigenvalue weighted by molar-refractivity contribution is -0.870. The Hall–Kier alpha value is -3.10. The number of amides is 1. The maximum absolute atomic E-state index is 13.1. The maximum Gasteiger partial charge on any atom is 0.268 e. The molecule has 2 N–H and O–H groups in total. The van der Waals surface area contributed by atoms with E-state index in [9.17, 15) is 19.4 Å². The van der Waals surface area contributed by atoms with E-state index in [1.807, 2.05) is 21.1 Å². The molecule has 9 heteroatoms. The Bertz CT molecular complexity index is 1890. The van der Waals surface area contributed by atoms with Crippen LogP contribution < -0.4 is 10.2 Å². The molecule has 3 unspecified atom stereocenters. The molecule has 0 aromatic heterocycles. The fraction of sp³-hybridized carbons (Fsp3) is 0.741. The normalized spacial score (nSPS) is 14.3. The number of carbonyl (C=O) groups excluding carboxylic acids is 1. The second kappa shape index (κ2) is 70.2. The number of hydrogen-bond acceptors (Lipinski definition) is 6. The topological polar surface area (TPSA) is 108 Å². The van der Waals surface area contributed by atoms with E-state index in [0.717, 1.165) is 116 Å². The molecular weight excluding hydrogens is 1130 g/mol. The van der Waals surface area contributed by atoms with E-state index in [1.54, 1.807) is 0 Å². The first-order valence-corrected chi connectivity index (χ1v) is 39.3. The van der Waals surface area contributed by atoms with E-state index in [2.05, 4.69) is 141 Å². The van der Waals surface area contributed by atoms with Gasteiger partial charge in [0, 0.05) is 6.42 Å². The van der Waals surface area contributed by atoms with Gasteiger partial charge in [0.25, 0.3) is 7.82 Å². The number of allylic oxidation sites excluding steroid dienone is 20. The third-order valence-corrected chi connectivity index (χ3v) is 17.7. The summed E-state index contributed by atoms with van der Waals surface area (Å²) in [5.41, 5.74) is 0. The van der Waals surface area contributed by atoms with E-state index in [-0.39, 0.29) is 19.1 Å². The number of rotatable bonds is 69. The molecule has 0 rings (SSSR count). The first-order valence-electron chi connectivity index (χ1n) is 37.9. The van der Waals surface area contributed by atoms with Crippen LogP contribution in [0.15, 0.2) is 122 Å². The summed E-state index contributed by atoms with van der Waals surface area (Å²) in [5.74, 6) is -0.180. The summed E-state index contributed by atoms with van der Waals surface area (Å²) in [6.07, 6.45) is 104. The highest BCUT2D eigenvalue weighted by molar-refractivity contribution is 7.45. The van der Waals surface area contributed by atoms with E-state index in [4.69, 9.17) is 9.05 Å². The van der Waals surface area contributed by atoms with Crippen LogP contribution >= 0.6 is 7.82 Å². The van der Waals surface area contributed by atoms with Crippen LogP contribution in [0.1, 0.15) is 335 Å². The molecule has 0 aromatic carbocycles. The van der Waals surface area contributed by atoms with Crippen molar-refractivity contribution in [2.75, 3.05) is 40.9 Å². The summed E-state index contributed by atoms with van der Waals surface area (Å²) in [6.45, 7) is 4.62. The summed E-state index contributed by atoms with van der Waals surface area (Å²) >= 11 is 0. The van der Waals surface area contributed by atoms with Crippen molar-refractivity contribution in [3.8, 4) is 0 Å². The predicted octanol–water partition coefficient (Wildman–Crippen LogP) is 24.1. The number of phosphoric ester groups is 1. The molecule has 0 saturated heterocycles. The molecule has 0 fully saturated rings. The van der Waals surface area contributed by atoms with Crippen molar-refractivity contribution < 1.29 is 32.9 Å². The summed E-state index contributed by atoms with van der Waals surface area (Å²) in [7, 11) is 1.29. The van der Waals surface area contributed by atoms with E-state index >= 15 is 0 Å². The minimum Gasteiger partial charge on any atom is -0.756 e. The van der Waals surface area contributed by atoms with Gasteiger partial charge in [-0.1, -0.05) is 360 Å². The van der Waals surface area contributed by atoms with Gasteiger partial charge in [0.2, 0.25) is 5.91 Å². The molecule has 0 bridgehead atoms. The van der Waals surface area contributed by atoms with Crippen molar-refractivity contribution in [2.24, 2.45) is 0 Å². The van der Waals surface area contributed by atoms with Gasteiger partial charge in [0.1, 0.15) is 13.2 Å². The predicted molar refractivity (Wildman–Crippen MR) is 394 cm³/mol. The van der Waals surface area contributed by atoms with Crippen molar-refractivity contribution in [1.82, 2.24) is 5.32 Å². The van der Waals surface area contributed by atoms with Crippen molar-refractivity contribution in [2.45, 2.75) is 347 Å². The number of nitrogens with one attached hydrogen (secondary N) is 1. The lowest BCUT2D eigenvalue weighted by Gasteiger charge is -2.30. The molecule has 0 radical (unpaired) electrons. The standard InChI is InChI=1S/C81H145N2O6P/c1-6-8-10-12-14-16-18-20-22-24-26-28-30-32-34-36-38-39-40-41-42-43-45-47-49-51-53-55-57-59-61-63-65-67-69-71-73-75-81(85)82-79(78-89-90(86,87)88-77-76-83(3,4)5)80(84)74-72-70-68-66-64-62-60-58-56-54-52-50-48-46-44-37-35-33-31-29-27-25-23-21-19-17-15-13-11-9-7-2/h8,10,14,16,20,22,26,28,32,34,38-39,41-42,45,47,51,53,57,59,79-80,84H,6-7,9,11-13,15,17-19,21,23-25,27,29-31,33,35-37,40,43-44,46,48-50,52,54-56,58,60-78H2,1-5H3,(H-,82,85,86,87)/b10-8-,16-14-,22-20-,28-26-,34-32-,39-38-,42-41-,47-45-,53-51-,59-57-. The number of nitrogens with zero attached hydrogens (tertiary/aromatic N) is 1. The summed E-state index contributed by atoms with van der Waals surface area (Å²) in [5, 5.41) is 14.1. The lowest BCUT2D eigenvalue weighted by atomic mass is 10.0. The fourth-order valence-electron chi connectivity index (χ4n) is 10.9. The Labute approximate surface area is 558 Å². The molecule has 0 aliphatic heterocycles. The molecule has 90 heavy (non-hydrogen) atoms. The number of hydrogen-bond donors (Lipinski definition) is 2. The first-order chi connectivity index (χ1) is 44.0. The number of unbranched alkanes of at least 4 members (excludes halogenated alkanes) is 36. The zero-order valence-electron chi connectivity index (χ0n) is 59.6. The zero-order valence-corrected chi connectivity index (χ0v) is 60.5. The second-order valence-corrected chi connectivity index (χ2v) is 28.0. The Morgan fingerprint density at radius 1 is 0.400 bits per heavy atom. The molecule has 0 aliphatic rings. The molecule has 0 spiro atoms. The van der Waals surface area contributed by atoms with Crippen molar-refractivity contribution in [3.05, 3.63) is 122 Å². The third kappa shape index (κ3) is 72.3. The molecule has 0 aromatic rings. The van der Waals surface area contributed by atoms with Crippen LogP contribution in [0.4, 0.5) is 0 Å². The van der Waals surface area contributed by atoms with Crippen LogP contribution in [0.5, 0.6) is 0 Å². The number of carbonyl (C=O) groups is 1. The van der Waals surface area contributed by atoms with Crippen LogP contribution in [-0.2, 0) is 18.4 Å². The van der Waals surface area contributed by atoms with Gasteiger partial charge in [-0.05, 0) is 89.9 Å². The largest absolute Gasteiger partial charge is 0.756 e. The van der Waals surface area contributed by atoms with Crippen molar-refractivity contribution in [3.63, 3.8) is 0 Å². The van der Waals surface area contributed by atoms with Gasteiger partial charge in [0.05, 0.1) is 39.9 Å². The van der Waals surface area contributed by atoms with E-state index < -0.39 is 20.0 Å². The average Bonchev–Trinajstić information content (AvgIpc) is 3.18. The molecule has 3 atom stereocenters. The van der Waals surface area contributed by atoms with Crippen molar-refractivity contribution in [1.29, 1.82) is 0 Å². The highest BCUT2D eigenvalue weighted by Crippen LogP contribution is 2.38. The first kappa shape index (κ1) is 86.9. The average molecular weight is 1270 g/mol. The van der Waals surface area contributed by atoms with Gasteiger partial charge in [-0.25, -0.2) is 0 Å². The van der Waals surface area contributed by atoms with Gasteiger partial charge in [-0.15, -0.1) is 0 Å². The Morgan fingerprint density at radius 2 is 0.678 bits per heavy atom. The maximum atomic E-state index is 13.1. The minimum absolute atomic E-state index is 0.00363. The summed E-state index contributed by atoms with van der Waals surface area (Å²) in [4.78, 5) is 25.7. The van der Waals surface area contributed by atoms with E-state index in [0.29, 0.717) is 23.9 Å². The van der Waals surface area contributed by atoms with Crippen molar-refractivity contribution >= 4 is 13.7 Å². The Kier molecular flexibility index (Phi) is 67.8. The molecule has 1 amide bonds. The number of aliphatic hydroxyl groups excluding tert-OH is 1. The molecule has 0 heterocycles. The van der Waals surface area contributed by atoms with Crippen LogP contribution in [-0.4, -0.2) is 68.5 Å². The van der Waals surface area contributed by atoms with Crippen LogP contribution in [0, 0.1) is 0 Å². The summed E-state index contributed by atoms with van der Waals surface area (Å²) < 4.78 is 23.6. The number of phosphoric acid groups is 1. The van der Waals surface area contributed by atoms with Gasteiger partial charge < -0.3 is 28.8 Å². The Balaban J connectivity index is 4.09. The lowest BCUT2D eigenvalue weighted by Crippen LogP contribution is -2.46. The van der Waals surface area contributed by atoms with Gasteiger partial charge >= 0.3 is 0 Å². The highest BCUT2D eigenvalue weighted by atomic mass is 31.2. The third-order valence-electron chi connectivity index (χ3n) is 16.7. The number of aliphatic hydroxyl groups is 1. The number of quaternary nitrogens is 1. The molecule has 520 valence electrons. The van der Waals surface area contributed by atoms with Gasteiger partial charge in [-0.2, -0.15) is 0 Å². The second-order valence-electron chi connectivity index (χ2n) is 26.6. The fourth-order valence-corrected chi connectivity index (χ4v) is 11.6. The van der Waals surface area contributed by atoms with E-state index in [1.165, 1.54) is 193 Å². The molecule has 8 nitrogen and oxygen atoms in total. The van der Waals surface area contributed by atoms with Crippen LogP contribution in [0.25, 0.3) is 0 Å². The van der Waals surface area contributed by atoms with Crippen LogP contribution in [0.2, 0.25) is 0 Å². The number of likely N-dealkylation sites (N-methyl/N-ethyl adjacent to an activating group) is 1. The van der Waals surface area contributed by atoms with Crippen LogP contribution in [0.3, 0.4) is 0 Å². The molecular formula is C81H145N2O6P. The smallest absolute Gasteiger partial charge is 0.268 e. The quantitative estimate of drug-likeness (QED) is 0.0272.